The Labute approximate surface area is 180 Å². The van der Waals surface area contributed by atoms with E-state index in [-0.39, 0.29) is 18.2 Å². The molecule has 0 aliphatic carbocycles. The second kappa shape index (κ2) is 9.34. The van der Waals surface area contributed by atoms with Gasteiger partial charge in [0.05, 0.1) is 28.8 Å². The first-order valence-corrected chi connectivity index (χ1v) is 11.5. The number of sulfonamides is 1. The van der Waals surface area contributed by atoms with Crippen LogP contribution in [0.25, 0.3) is 0 Å². The van der Waals surface area contributed by atoms with Gasteiger partial charge >= 0.3 is 0 Å². The Morgan fingerprint density at radius 2 is 2.00 bits per heavy atom. The molecule has 1 heterocycles. The topological polar surface area (TPSA) is 75.7 Å². The molecule has 1 atom stereocenters. The van der Waals surface area contributed by atoms with Crippen LogP contribution in [0.5, 0.6) is 5.75 Å². The molecule has 156 valence electrons. The summed E-state index contributed by atoms with van der Waals surface area (Å²) in [7, 11) is -2.03. The van der Waals surface area contributed by atoms with Crippen LogP contribution in [0.4, 0.5) is 5.69 Å². The van der Waals surface area contributed by atoms with Gasteiger partial charge in [-0.05, 0) is 42.7 Å². The lowest BCUT2D eigenvalue weighted by Gasteiger charge is -2.31. The fourth-order valence-corrected chi connectivity index (χ4v) is 5.20. The van der Waals surface area contributed by atoms with E-state index < -0.39 is 15.9 Å². The molecular formula is C20H22Cl2N2O4S. The van der Waals surface area contributed by atoms with Gasteiger partial charge in [0, 0.05) is 24.8 Å². The summed E-state index contributed by atoms with van der Waals surface area (Å²) in [4.78, 5) is 12.7. The fraction of sp³-hybridized carbons (Fsp3) is 0.350. The van der Waals surface area contributed by atoms with Crippen molar-refractivity contribution in [2.24, 2.45) is 5.92 Å². The first kappa shape index (κ1) is 21.9. The van der Waals surface area contributed by atoms with Crippen molar-refractivity contribution in [3.05, 3.63) is 58.1 Å². The maximum Gasteiger partial charge on any atom is 0.228 e. The molecule has 1 fully saturated rings. The van der Waals surface area contributed by atoms with Gasteiger partial charge in [0.2, 0.25) is 15.9 Å². The third kappa shape index (κ3) is 5.63. The second-order valence-electron chi connectivity index (χ2n) is 6.92. The number of piperidine rings is 1. The maximum absolute atomic E-state index is 12.9. The van der Waals surface area contributed by atoms with E-state index in [9.17, 15) is 13.2 Å². The summed E-state index contributed by atoms with van der Waals surface area (Å²) in [5.74, 6) is -0.169. The molecule has 29 heavy (non-hydrogen) atoms. The van der Waals surface area contributed by atoms with Crippen molar-refractivity contribution in [1.82, 2.24) is 4.31 Å². The standard InChI is InChI=1S/C20H22Cl2N2O4S/c1-28-17-6-2-5-16(11-17)23-20(25)15-4-3-9-24(12-15)29(26,27)13-14-7-8-18(21)19(22)10-14/h2,5-8,10-11,15H,3-4,9,12-13H2,1H3,(H,23,25). The molecule has 1 N–H and O–H groups in total. The number of ether oxygens (including phenoxy) is 1. The van der Waals surface area contributed by atoms with Gasteiger partial charge in [-0.2, -0.15) is 0 Å². The van der Waals surface area contributed by atoms with Crippen molar-refractivity contribution in [3.63, 3.8) is 0 Å². The van der Waals surface area contributed by atoms with Gasteiger partial charge in [-0.1, -0.05) is 35.3 Å². The lowest BCUT2D eigenvalue weighted by Crippen LogP contribution is -2.44. The lowest BCUT2D eigenvalue weighted by molar-refractivity contribution is -0.120. The Morgan fingerprint density at radius 1 is 1.21 bits per heavy atom. The normalized spacial score (nSPS) is 17.7. The molecule has 1 aliphatic rings. The lowest BCUT2D eigenvalue weighted by atomic mass is 9.98. The van der Waals surface area contributed by atoms with Gasteiger partial charge in [-0.25, -0.2) is 12.7 Å². The smallest absolute Gasteiger partial charge is 0.228 e. The van der Waals surface area contributed by atoms with Gasteiger partial charge in [-0.3, -0.25) is 4.79 Å². The predicted octanol–water partition coefficient (Wildman–Crippen LogP) is 4.18. The van der Waals surface area contributed by atoms with Gasteiger partial charge in [-0.15, -0.1) is 0 Å². The number of halogens is 2. The van der Waals surface area contributed by atoms with Gasteiger partial charge in [0.1, 0.15) is 5.75 Å². The summed E-state index contributed by atoms with van der Waals surface area (Å²) in [6.07, 6.45) is 1.26. The van der Waals surface area contributed by atoms with Crippen molar-refractivity contribution in [2.75, 3.05) is 25.5 Å². The number of nitrogens with one attached hydrogen (secondary N) is 1. The molecule has 6 nitrogen and oxygen atoms in total. The average molecular weight is 457 g/mol. The van der Waals surface area contributed by atoms with Crippen LogP contribution in [0, 0.1) is 5.92 Å². The summed E-state index contributed by atoms with van der Waals surface area (Å²) in [6, 6.07) is 11.8. The molecule has 2 aromatic rings. The molecular weight excluding hydrogens is 435 g/mol. The van der Waals surface area contributed by atoms with Crippen LogP contribution in [-0.4, -0.2) is 38.8 Å². The van der Waals surface area contributed by atoms with E-state index in [1.54, 1.807) is 49.6 Å². The quantitative estimate of drug-likeness (QED) is 0.706. The van der Waals surface area contributed by atoms with Gasteiger partial charge < -0.3 is 10.1 Å². The second-order valence-corrected chi connectivity index (χ2v) is 9.71. The first-order chi connectivity index (χ1) is 13.8. The molecule has 0 radical (unpaired) electrons. The summed E-state index contributed by atoms with van der Waals surface area (Å²) < 4.78 is 32.3. The predicted molar refractivity (Wildman–Crippen MR) is 115 cm³/mol. The molecule has 1 unspecified atom stereocenters. The minimum atomic E-state index is -3.58. The number of nitrogens with zero attached hydrogens (tertiary/aromatic N) is 1. The minimum absolute atomic E-state index is 0.152. The number of carbonyl (C=O) groups excluding carboxylic acids is 1. The van der Waals surface area contributed by atoms with E-state index in [1.165, 1.54) is 4.31 Å². The molecule has 9 heteroatoms. The largest absolute Gasteiger partial charge is 0.497 e. The van der Waals surface area contributed by atoms with Crippen LogP contribution in [0.3, 0.4) is 0 Å². The molecule has 1 amide bonds. The van der Waals surface area contributed by atoms with Crippen molar-refractivity contribution < 1.29 is 17.9 Å². The Morgan fingerprint density at radius 3 is 2.72 bits per heavy atom. The number of hydrogen-bond acceptors (Lipinski definition) is 4. The third-order valence-electron chi connectivity index (χ3n) is 4.82. The van der Waals surface area contributed by atoms with Crippen LogP contribution < -0.4 is 10.1 Å². The molecule has 1 saturated heterocycles. The molecule has 0 spiro atoms. The molecule has 2 aromatic carbocycles. The zero-order chi connectivity index (χ0) is 21.0. The van der Waals surface area contributed by atoms with Crippen molar-refractivity contribution >= 4 is 44.8 Å². The van der Waals surface area contributed by atoms with E-state index in [0.717, 1.165) is 0 Å². The number of methoxy groups -OCH3 is 1. The summed E-state index contributed by atoms with van der Waals surface area (Å²) in [5, 5.41) is 3.54. The molecule has 3 rings (SSSR count). The number of hydrogen-bond donors (Lipinski definition) is 1. The summed E-state index contributed by atoms with van der Waals surface area (Å²) in [6.45, 7) is 0.548. The Balaban J connectivity index is 1.67. The number of anilines is 1. The molecule has 0 aromatic heterocycles. The highest BCUT2D eigenvalue weighted by molar-refractivity contribution is 7.88. The highest BCUT2D eigenvalue weighted by Gasteiger charge is 2.32. The number of amides is 1. The van der Waals surface area contributed by atoms with Crippen LogP contribution in [0.2, 0.25) is 10.0 Å². The Kier molecular flexibility index (Phi) is 7.05. The fourth-order valence-electron chi connectivity index (χ4n) is 3.29. The highest BCUT2D eigenvalue weighted by atomic mass is 35.5. The van der Waals surface area contributed by atoms with Crippen LogP contribution in [0.1, 0.15) is 18.4 Å². The van der Waals surface area contributed by atoms with Crippen molar-refractivity contribution in [1.29, 1.82) is 0 Å². The zero-order valence-electron chi connectivity index (χ0n) is 15.9. The minimum Gasteiger partial charge on any atom is -0.497 e. The number of benzene rings is 2. The first-order valence-electron chi connectivity index (χ1n) is 9.15. The van der Waals surface area contributed by atoms with E-state index in [1.807, 2.05) is 0 Å². The average Bonchev–Trinajstić information content (AvgIpc) is 2.71. The number of carbonyl (C=O) groups is 1. The number of rotatable bonds is 6. The van der Waals surface area contributed by atoms with Crippen molar-refractivity contribution in [3.8, 4) is 5.75 Å². The van der Waals surface area contributed by atoms with E-state index >= 15 is 0 Å². The van der Waals surface area contributed by atoms with Crippen LogP contribution >= 0.6 is 23.2 Å². The zero-order valence-corrected chi connectivity index (χ0v) is 18.2. The Bertz CT molecular complexity index is 998. The molecule has 0 bridgehead atoms. The Hall–Kier alpha value is -1.80. The maximum atomic E-state index is 12.9. The molecule has 0 saturated carbocycles. The van der Waals surface area contributed by atoms with Crippen molar-refractivity contribution in [2.45, 2.75) is 18.6 Å². The monoisotopic (exact) mass is 456 g/mol. The summed E-state index contributed by atoms with van der Waals surface area (Å²) in [5.41, 5.74) is 1.17. The third-order valence-corrected chi connectivity index (χ3v) is 7.37. The van der Waals surface area contributed by atoms with Gasteiger partial charge in [0.15, 0.2) is 0 Å². The SMILES string of the molecule is COc1cccc(NC(=O)C2CCCN(S(=O)(=O)Cc3ccc(Cl)c(Cl)c3)C2)c1. The van der Waals surface area contributed by atoms with E-state index in [0.29, 0.717) is 46.4 Å². The molecule has 1 aliphatic heterocycles. The van der Waals surface area contributed by atoms with E-state index in [4.69, 9.17) is 27.9 Å². The van der Waals surface area contributed by atoms with Crippen LogP contribution in [0.15, 0.2) is 42.5 Å². The summed E-state index contributed by atoms with van der Waals surface area (Å²) >= 11 is 11.9. The highest BCUT2D eigenvalue weighted by Crippen LogP contribution is 2.26. The van der Waals surface area contributed by atoms with Crippen LogP contribution in [-0.2, 0) is 20.6 Å². The van der Waals surface area contributed by atoms with E-state index in [2.05, 4.69) is 5.32 Å². The van der Waals surface area contributed by atoms with Gasteiger partial charge in [0.25, 0.3) is 0 Å².